The van der Waals surface area contributed by atoms with Crippen LogP contribution in [-0.4, -0.2) is 14.9 Å². The van der Waals surface area contributed by atoms with Gasteiger partial charge in [-0.1, -0.05) is 42.8 Å². The topological polar surface area (TPSA) is 38.1 Å². The molecule has 0 bridgehead atoms. The first-order chi connectivity index (χ1) is 9.35. The summed E-state index contributed by atoms with van der Waals surface area (Å²) in [5, 5.41) is 15.7. The molecule has 0 spiro atoms. The largest absolute Gasteiger partial charge is 0.385 e. The molecule has 1 heterocycles. The Balaban J connectivity index is 2.29. The lowest BCUT2D eigenvalue weighted by Crippen LogP contribution is -2.25. The Bertz CT molecular complexity index is 600. The van der Waals surface area contributed by atoms with Crippen LogP contribution in [0.5, 0.6) is 0 Å². The first kappa shape index (κ1) is 15.1. The van der Waals surface area contributed by atoms with Gasteiger partial charge >= 0.3 is 0 Å². The third kappa shape index (κ3) is 2.89. The molecule has 0 saturated carbocycles. The minimum Gasteiger partial charge on any atom is -0.385 e. The highest BCUT2D eigenvalue weighted by Crippen LogP contribution is 2.30. The molecular formula is C16H21ClN2O. The second kappa shape index (κ2) is 5.58. The number of halogens is 1. The number of aryl methyl sites for hydroxylation is 3. The first-order valence-corrected chi connectivity index (χ1v) is 7.22. The van der Waals surface area contributed by atoms with Crippen molar-refractivity contribution in [2.24, 2.45) is 7.05 Å². The number of rotatable bonds is 4. The molecule has 0 fully saturated rings. The third-order valence-electron chi connectivity index (χ3n) is 3.76. The van der Waals surface area contributed by atoms with Gasteiger partial charge in [0.05, 0.1) is 22.0 Å². The van der Waals surface area contributed by atoms with Crippen LogP contribution in [0.4, 0.5) is 0 Å². The molecule has 1 aromatic carbocycles. The van der Waals surface area contributed by atoms with Gasteiger partial charge in [-0.2, -0.15) is 5.10 Å². The Hall–Kier alpha value is -1.32. The van der Waals surface area contributed by atoms with Crippen molar-refractivity contribution in [2.75, 3.05) is 0 Å². The number of aliphatic hydroxyl groups is 1. The van der Waals surface area contributed by atoms with Gasteiger partial charge in [0, 0.05) is 13.5 Å². The van der Waals surface area contributed by atoms with E-state index >= 15 is 0 Å². The maximum Gasteiger partial charge on any atom is 0.0924 e. The molecule has 2 rings (SSSR count). The Morgan fingerprint density at radius 1 is 1.30 bits per heavy atom. The highest BCUT2D eigenvalue weighted by atomic mass is 35.5. The van der Waals surface area contributed by atoms with Gasteiger partial charge in [0.2, 0.25) is 0 Å². The van der Waals surface area contributed by atoms with Crippen LogP contribution in [0.15, 0.2) is 24.3 Å². The highest BCUT2D eigenvalue weighted by molar-refractivity contribution is 6.31. The van der Waals surface area contributed by atoms with Gasteiger partial charge in [-0.05, 0) is 31.4 Å². The summed E-state index contributed by atoms with van der Waals surface area (Å²) in [7, 11) is 1.85. The summed E-state index contributed by atoms with van der Waals surface area (Å²) in [4.78, 5) is 0. The number of aromatic nitrogens is 2. The maximum absolute atomic E-state index is 10.8. The average molecular weight is 293 g/mol. The molecule has 0 amide bonds. The van der Waals surface area contributed by atoms with E-state index in [4.69, 9.17) is 11.6 Å². The minimum absolute atomic E-state index is 0.439. The standard InChI is InChI=1S/C16H21ClN2O/c1-5-12-6-8-13(9-7-12)16(3,20)10-14-15(17)11(2)18-19(14)4/h6-9,20H,5,10H2,1-4H3. The van der Waals surface area contributed by atoms with Gasteiger partial charge in [-0.15, -0.1) is 0 Å². The van der Waals surface area contributed by atoms with E-state index in [-0.39, 0.29) is 0 Å². The van der Waals surface area contributed by atoms with E-state index < -0.39 is 5.60 Å². The van der Waals surface area contributed by atoms with Crippen molar-refractivity contribution in [1.29, 1.82) is 0 Å². The molecule has 0 radical (unpaired) electrons. The van der Waals surface area contributed by atoms with Crippen LogP contribution in [-0.2, 0) is 25.5 Å². The average Bonchev–Trinajstić information content (AvgIpc) is 2.65. The number of hydrogen-bond acceptors (Lipinski definition) is 2. The van der Waals surface area contributed by atoms with Crippen molar-refractivity contribution in [1.82, 2.24) is 9.78 Å². The van der Waals surface area contributed by atoms with Crippen LogP contribution in [0.3, 0.4) is 0 Å². The van der Waals surface area contributed by atoms with Crippen molar-refractivity contribution in [3.63, 3.8) is 0 Å². The number of hydrogen-bond donors (Lipinski definition) is 1. The van der Waals surface area contributed by atoms with Gasteiger partial charge in [0.15, 0.2) is 0 Å². The summed E-state index contributed by atoms with van der Waals surface area (Å²) in [6.45, 7) is 5.80. The van der Waals surface area contributed by atoms with E-state index in [1.54, 1.807) is 4.68 Å². The Morgan fingerprint density at radius 3 is 2.35 bits per heavy atom. The molecular weight excluding hydrogens is 272 g/mol. The summed E-state index contributed by atoms with van der Waals surface area (Å²) in [5.74, 6) is 0. The molecule has 0 aliphatic rings. The van der Waals surface area contributed by atoms with Gasteiger partial charge in [0.25, 0.3) is 0 Å². The SMILES string of the molecule is CCc1ccc(C(C)(O)Cc2c(Cl)c(C)nn2C)cc1. The molecule has 108 valence electrons. The zero-order chi connectivity index (χ0) is 14.9. The normalized spacial score (nSPS) is 14.3. The minimum atomic E-state index is -0.962. The molecule has 1 unspecified atom stereocenters. The Kier molecular flexibility index (Phi) is 4.21. The van der Waals surface area contributed by atoms with E-state index in [2.05, 4.69) is 24.2 Å². The van der Waals surface area contributed by atoms with E-state index in [9.17, 15) is 5.11 Å². The predicted octanol–water partition coefficient (Wildman–Crippen LogP) is 3.39. The lowest BCUT2D eigenvalue weighted by atomic mass is 9.90. The molecule has 0 aliphatic heterocycles. The fourth-order valence-corrected chi connectivity index (χ4v) is 2.63. The molecule has 1 aromatic heterocycles. The predicted molar refractivity (Wildman–Crippen MR) is 82.0 cm³/mol. The summed E-state index contributed by atoms with van der Waals surface area (Å²) in [6, 6.07) is 8.08. The van der Waals surface area contributed by atoms with Crippen LogP contribution < -0.4 is 0 Å². The van der Waals surface area contributed by atoms with E-state index in [1.165, 1.54) is 5.56 Å². The fraction of sp³-hybridized carbons (Fsp3) is 0.438. The van der Waals surface area contributed by atoms with Crippen molar-refractivity contribution in [3.05, 3.63) is 51.8 Å². The van der Waals surface area contributed by atoms with E-state index in [0.717, 1.165) is 23.4 Å². The van der Waals surface area contributed by atoms with Crippen molar-refractivity contribution >= 4 is 11.6 Å². The lowest BCUT2D eigenvalue weighted by molar-refractivity contribution is 0.0556. The van der Waals surface area contributed by atoms with Crippen LogP contribution in [0.2, 0.25) is 5.02 Å². The summed E-state index contributed by atoms with van der Waals surface area (Å²) < 4.78 is 1.74. The number of nitrogens with zero attached hydrogens (tertiary/aromatic N) is 2. The van der Waals surface area contributed by atoms with Gasteiger partial charge in [-0.25, -0.2) is 0 Å². The quantitative estimate of drug-likeness (QED) is 0.938. The molecule has 3 nitrogen and oxygen atoms in total. The van der Waals surface area contributed by atoms with Gasteiger partial charge < -0.3 is 5.11 Å². The number of benzene rings is 1. The molecule has 0 aliphatic carbocycles. The van der Waals surface area contributed by atoms with Gasteiger partial charge in [-0.3, -0.25) is 4.68 Å². The molecule has 1 N–H and O–H groups in total. The zero-order valence-corrected chi connectivity index (χ0v) is 13.2. The summed E-state index contributed by atoms with van der Waals surface area (Å²) in [5.41, 5.74) is 2.84. The monoisotopic (exact) mass is 292 g/mol. The second-order valence-electron chi connectivity index (χ2n) is 5.47. The molecule has 0 saturated heterocycles. The van der Waals surface area contributed by atoms with Crippen molar-refractivity contribution < 1.29 is 5.11 Å². The summed E-state index contributed by atoms with van der Waals surface area (Å²) >= 11 is 6.26. The maximum atomic E-state index is 10.8. The smallest absolute Gasteiger partial charge is 0.0924 e. The van der Waals surface area contributed by atoms with Crippen molar-refractivity contribution in [2.45, 2.75) is 39.2 Å². The molecule has 20 heavy (non-hydrogen) atoms. The first-order valence-electron chi connectivity index (χ1n) is 6.85. The zero-order valence-electron chi connectivity index (χ0n) is 12.4. The molecule has 4 heteroatoms. The summed E-state index contributed by atoms with van der Waals surface area (Å²) in [6.07, 6.45) is 1.43. The van der Waals surface area contributed by atoms with Gasteiger partial charge in [0.1, 0.15) is 0 Å². The van der Waals surface area contributed by atoms with E-state index in [0.29, 0.717) is 11.4 Å². The van der Waals surface area contributed by atoms with E-state index in [1.807, 2.05) is 33.0 Å². The van der Waals surface area contributed by atoms with Crippen molar-refractivity contribution in [3.8, 4) is 0 Å². The fourth-order valence-electron chi connectivity index (χ4n) is 2.40. The Morgan fingerprint density at radius 2 is 1.90 bits per heavy atom. The van der Waals surface area contributed by atoms with Crippen LogP contribution in [0, 0.1) is 6.92 Å². The Labute approximate surface area is 125 Å². The lowest BCUT2D eigenvalue weighted by Gasteiger charge is -2.24. The van der Waals surface area contributed by atoms with Crippen LogP contribution in [0.25, 0.3) is 0 Å². The highest BCUT2D eigenvalue weighted by Gasteiger charge is 2.27. The third-order valence-corrected chi connectivity index (χ3v) is 4.25. The van der Waals surface area contributed by atoms with Crippen LogP contribution in [0.1, 0.15) is 36.4 Å². The van der Waals surface area contributed by atoms with Crippen LogP contribution >= 0.6 is 11.6 Å². The molecule has 2 aromatic rings. The second-order valence-corrected chi connectivity index (χ2v) is 5.85. The molecule has 1 atom stereocenters.